The van der Waals surface area contributed by atoms with Gasteiger partial charge in [0.15, 0.2) is 0 Å². The molecule has 0 bridgehead atoms. The van der Waals surface area contributed by atoms with E-state index in [1.807, 2.05) is 53.9 Å². The molecule has 0 aliphatic carbocycles. The molecular formula is C20H22N4O4S. The smallest absolute Gasteiger partial charge is 0.314 e. The van der Waals surface area contributed by atoms with Crippen molar-refractivity contribution in [2.24, 2.45) is 5.73 Å². The third kappa shape index (κ3) is 6.16. The van der Waals surface area contributed by atoms with E-state index in [0.29, 0.717) is 17.2 Å². The van der Waals surface area contributed by atoms with Crippen molar-refractivity contribution in [3.05, 3.63) is 60.0 Å². The largest absolute Gasteiger partial charge is 0.492 e. The van der Waals surface area contributed by atoms with Gasteiger partial charge >= 0.3 is 6.03 Å². The lowest BCUT2D eigenvalue weighted by Gasteiger charge is -2.24. The molecule has 152 valence electrons. The van der Waals surface area contributed by atoms with Gasteiger partial charge in [-0.25, -0.2) is 4.79 Å². The van der Waals surface area contributed by atoms with E-state index in [1.54, 1.807) is 6.07 Å². The first-order valence-corrected chi connectivity index (χ1v) is 9.86. The number of hydrogen-bond acceptors (Lipinski definition) is 7. The number of aliphatic hydroxyl groups excluding tert-OH is 1. The molecule has 3 rings (SSSR count). The van der Waals surface area contributed by atoms with Crippen LogP contribution in [0.4, 0.5) is 4.79 Å². The Morgan fingerprint density at radius 2 is 1.90 bits per heavy atom. The number of para-hydroxylation sites is 2. The summed E-state index contributed by atoms with van der Waals surface area (Å²) in [6.07, 6.45) is -0.916. The SMILES string of the molecule is NC(=O)N(CCOc1ccccc1)CC(O)COc1ccccc1-c1csnn1. The summed E-state index contributed by atoms with van der Waals surface area (Å²) < 4.78 is 15.2. The molecule has 9 heteroatoms. The maximum Gasteiger partial charge on any atom is 0.314 e. The number of nitrogens with zero attached hydrogens (tertiary/aromatic N) is 3. The number of urea groups is 1. The third-order valence-electron chi connectivity index (χ3n) is 4.07. The molecule has 0 radical (unpaired) electrons. The molecule has 1 aromatic heterocycles. The minimum atomic E-state index is -0.916. The lowest BCUT2D eigenvalue weighted by molar-refractivity contribution is 0.0748. The van der Waals surface area contributed by atoms with Crippen LogP contribution in [0.15, 0.2) is 60.0 Å². The third-order valence-corrected chi connectivity index (χ3v) is 4.57. The topological polar surface area (TPSA) is 111 Å². The quantitative estimate of drug-likeness (QED) is 0.527. The first kappa shape index (κ1) is 20.6. The maximum absolute atomic E-state index is 11.7. The molecule has 0 fully saturated rings. The Morgan fingerprint density at radius 3 is 2.62 bits per heavy atom. The Hall–Kier alpha value is -3.17. The van der Waals surface area contributed by atoms with E-state index in [1.165, 1.54) is 16.4 Å². The zero-order chi connectivity index (χ0) is 20.5. The van der Waals surface area contributed by atoms with Crippen LogP contribution in [0.25, 0.3) is 11.3 Å². The maximum atomic E-state index is 11.7. The van der Waals surface area contributed by atoms with E-state index >= 15 is 0 Å². The van der Waals surface area contributed by atoms with Gasteiger partial charge in [0.05, 0.1) is 13.1 Å². The fourth-order valence-electron chi connectivity index (χ4n) is 2.66. The van der Waals surface area contributed by atoms with Crippen molar-refractivity contribution in [3.63, 3.8) is 0 Å². The first-order chi connectivity index (χ1) is 14.1. The molecular weight excluding hydrogens is 392 g/mol. The number of ether oxygens (including phenoxy) is 2. The molecule has 3 N–H and O–H groups in total. The molecule has 0 spiro atoms. The van der Waals surface area contributed by atoms with E-state index in [2.05, 4.69) is 9.59 Å². The number of primary amides is 1. The monoisotopic (exact) mass is 414 g/mol. The Balaban J connectivity index is 1.51. The molecule has 1 atom stereocenters. The Morgan fingerprint density at radius 1 is 1.14 bits per heavy atom. The summed E-state index contributed by atoms with van der Waals surface area (Å²) in [6.45, 7) is 0.550. The van der Waals surface area contributed by atoms with E-state index in [-0.39, 0.29) is 26.3 Å². The van der Waals surface area contributed by atoms with E-state index < -0.39 is 12.1 Å². The second-order valence-corrected chi connectivity index (χ2v) is 6.81. The zero-order valence-corrected chi connectivity index (χ0v) is 16.5. The highest BCUT2D eigenvalue weighted by Crippen LogP contribution is 2.28. The number of rotatable bonds is 10. The van der Waals surface area contributed by atoms with Crippen molar-refractivity contribution in [2.75, 3.05) is 26.3 Å². The van der Waals surface area contributed by atoms with E-state index in [4.69, 9.17) is 15.2 Å². The van der Waals surface area contributed by atoms with Crippen LogP contribution in [0.3, 0.4) is 0 Å². The molecule has 8 nitrogen and oxygen atoms in total. The Bertz CT molecular complexity index is 893. The predicted octanol–water partition coefficient (Wildman–Crippen LogP) is 2.40. The summed E-state index contributed by atoms with van der Waals surface area (Å²) in [7, 11) is 0. The van der Waals surface area contributed by atoms with Crippen molar-refractivity contribution in [2.45, 2.75) is 6.10 Å². The highest BCUT2D eigenvalue weighted by molar-refractivity contribution is 7.03. The van der Waals surface area contributed by atoms with Crippen LogP contribution in [0.2, 0.25) is 0 Å². The van der Waals surface area contributed by atoms with Crippen LogP contribution >= 0.6 is 11.5 Å². The van der Waals surface area contributed by atoms with Crippen LogP contribution in [0.5, 0.6) is 11.5 Å². The number of carbonyl (C=O) groups excluding carboxylic acids is 1. The number of nitrogens with two attached hydrogens (primary N) is 1. The van der Waals surface area contributed by atoms with Gasteiger partial charge in [-0.2, -0.15) is 0 Å². The van der Waals surface area contributed by atoms with Gasteiger partial charge in [-0.15, -0.1) is 5.10 Å². The number of aliphatic hydroxyl groups is 1. The molecule has 0 aliphatic heterocycles. The Kier molecular flexibility index (Phi) is 7.37. The van der Waals surface area contributed by atoms with Gasteiger partial charge in [-0.05, 0) is 35.8 Å². The summed E-state index contributed by atoms with van der Waals surface area (Å²) in [5.74, 6) is 1.28. The fourth-order valence-corrected chi connectivity index (χ4v) is 3.12. The Labute approximate surface area is 172 Å². The van der Waals surface area contributed by atoms with Gasteiger partial charge in [-0.3, -0.25) is 0 Å². The molecule has 0 aliphatic rings. The summed E-state index contributed by atoms with van der Waals surface area (Å²) in [5, 5.41) is 16.2. The average molecular weight is 414 g/mol. The molecule has 1 unspecified atom stereocenters. The van der Waals surface area contributed by atoms with Crippen molar-refractivity contribution < 1.29 is 19.4 Å². The summed E-state index contributed by atoms with van der Waals surface area (Å²) in [4.78, 5) is 13.0. The van der Waals surface area contributed by atoms with Gasteiger partial charge in [-0.1, -0.05) is 34.8 Å². The van der Waals surface area contributed by atoms with Gasteiger partial charge in [0.1, 0.15) is 36.5 Å². The molecule has 2 aromatic carbocycles. The van der Waals surface area contributed by atoms with Crippen molar-refractivity contribution in [1.82, 2.24) is 14.5 Å². The number of amides is 2. The van der Waals surface area contributed by atoms with Gasteiger partial charge in [0.2, 0.25) is 0 Å². The lowest BCUT2D eigenvalue weighted by Crippen LogP contribution is -2.44. The predicted molar refractivity (Wildman–Crippen MR) is 110 cm³/mol. The molecule has 29 heavy (non-hydrogen) atoms. The molecule has 1 heterocycles. The number of hydrogen-bond donors (Lipinski definition) is 2. The summed E-state index contributed by atoms with van der Waals surface area (Å²) in [5.41, 5.74) is 6.92. The highest BCUT2D eigenvalue weighted by Gasteiger charge is 2.17. The van der Waals surface area contributed by atoms with Crippen LogP contribution in [0, 0.1) is 0 Å². The van der Waals surface area contributed by atoms with Crippen molar-refractivity contribution >= 4 is 17.6 Å². The zero-order valence-electron chi connectivity index (χ0n) is 15.7. The number of aromatic nitrogens is 2. The second kappa shape index (κ2) is 10.4. The van der Waals surface area contributed by atoms with Crippen LogP contribution in [-0.2, 0) is 0 Å². The summed E-state index contributed by atoms with van der Waals surface area (Å²) in [6, 6.07) is 16.0. The van der Waals surface area contributed by atoms with Gasteiger partial charge in [0.25, 0.3) is 0 Å². The lowest BCUT2D eigenvalue weighted by atomic mass is 10.1. The fraction of sp³-hybridized carbons (Fsp3) is 0.250. The number of benzene rings is 2. The number of carbonyl (C=O) groups is 1. The molecule has 0 saturated carbocycles. The van der Waals surface area contributed by atoms with E-state index in [9.17, 15) is 9.90 Å². The summed E-state index contributed by atoms with van der Waals surface area (Å²) >= 11 is 1.25. The van der Waals surface area contributed by atoms with Gasteiger partial charge in [0, 0.05) is 10.9 Å². The minimum absolute atomic E-state index is 0.00208. The average Bonchev–Trinajstić information content (AvgIpc) is 3.27. The highest BCUT2D eigenvalue weighted by atomic mass is 32.1. The standard InChI is InChI=1S/C20H22N4O4S/c21-20(26)24(10-11-27-16-6-2-1-3-7-16)12-15(25)13-28-19-9-5-4-8-17(19)18-14-29-23-22-18/h1-9,14-15,25H,10-13H2,(H2,21,26). The van der Waals surface area contributed by atoms with E-state index in [0.717, 1.165) is 5.56 Å². The van der Waals surface area contributed by atoms with Crippen LogP contribution in [-0.4, -0.2) is 58.0 Å². The second-order valence-electron chi connectivity index (χ2n) is 6.20. The van der Waals surface area contributed by atoms with Crippen LogP contribution < -0.4 is 15.2 Å². The molecule has 0 saturated heterocycles. The molecule has 2 amide bonds. The first-order valence-electron chi connectivity index (χ1n) is 9.03. The normalized spacial score (nSPS) is 11.6. The van der Waals surface area contributed by atoms with Crippen molar-refractivity contribution in [3.8, 4) is 22.8 Å². The van der Waals surface area contributed by atoms with Crippen LogP contribution in [0.1, 0.15) is 0 Å². The molecule has 3 aromatic rings. The van der Waals surface area contributed by atoms with Gasteiger partial charge < -0.3 is 25.2 Å². The van der Waals surface area contributed by atoms with Crippen molar-refractivity contribution in [1.29, 1.82) is 0 Å². The minimum Gasteiger partial charge on any atom is -0.492 e.